The summed E-state index contributed by atoms with van der Waals surface area (Å²) in [5.41, 5.74) is 2.06. The monoisotopic (exact) mass is 360 g/mol. The molecule has 0 aromatic heterocycles. The van der Waals surface area contributed by atoms with Gasteiger partial charge in [-0.3, -0.25) is 9.69 Å². The number of hydrogen-bond donors (Lipinski definition) is 1. The molecule has 1 atom stereocenters. The summed E-state index contributed by atoms with van der Waals surface area (Å²) >= 11 is 6.00. The van der Waals surface area contributed by atoms with Crippen molar-refractivity contribution in [1.82, 2.24) is 10.2 Å². The van der Waals surface area contributed by atoms with Gasteiger partial charge in [0.2, 0.25) is 12.7 Å². The molecule has 1 amide bonds. The molecule has 2 aromatic carbocycles. The third-order valence-electron chi connectivity index (χ3n) is 4.03. The Labute approximate surface area is 152 Å². The van der Waals surface area contributed by atoms with Crippen LogP contribution < -0.4 is 14.8 Å². The van der Waals surface area contributed by atoms with Crippen molar-refractivity contribution < 1.29 is 14.3 Å². The first-order valence-electron chi connectivity index (χ1n) is 8.13. The maximum absolute atomic E-state index is 12.3. The summed E-state index contributed by atoms with van der Waals surface area (Å²) in [6.07, 6.45) is 0. The van der Waals surface area contributed by atoms with Crippen molar-refractivity contribution >= 4 is 17.5 Å². The molecule has 0 aliphatic carbocycles. The molecule has 2 aromatic rings. The molecule has 3 rings (SSSR count). The Hall–Kier alpha value is -2.24. The maximum atomic E-state index is 12.3. The van der Waals surface area contributed by atoms with Crippen molar-refractivity contribution in [3.05, 3.63) is 58.6 Å². The normalized spacial score (nSPS) is 13.8. The lowest BCUT2D eigenvalue weighted by Gasteiger charge is -2.19. The molecule has 1 heterocycles. The SMILES string of the molecule is CC(NC(=O)CN(C)Cc1ccc2c(c1)OCO2)c1cccc(Cl)c1. The highest BCUT2D eigenvalue weighted by molar-refractivity contribution is 6.30. The molecule has 0 saturated carbocycles. The predicted molar refractivity (Wildman–Crippen MR) is 96.9 cm³/mol. The minimum Gasteiger partial charge on any atom is -0.454 e. The Morgan fingerprint density at radius 2 is 2.04 bits per heavy atom. The van der Waals surface area contributed by atoms with Gasteiger partial charge in [-0.15, -0.1) is 0 Å². The predicted octanol–water partition coefficient (Wildman–Crippen LogP) is 3.38. The van der Waals surface area contributed by atoms with Gasteiger partial charge in [0.1, 0.15) is 0 Å². The Kier molecular flexibility index (Phi) is 5.46. The average Bonchev–Trinajstić information content (AvgIpc) is 3.02. The fraction of sp³-hybridized carbons (Fsp3) is 0.316. The second kappa shape index (κ2) is 7.76. The quantitative estimate of drug-likeness (QED) is 0.858. The Balaban J connectivity index is 1.52. The highest BCUT2D eigenvalue weighted by Gasteiger charge is 2.15. The minimum atomic E-state index is -0.0925. The van der Waals surface area contributed by atoms with Crippen LogP contribution in [0.5, 0.6) is 11.5 Å². The van der Waals surface area contributed by atoms with Crippen molar-refractivity contribution in [3.63, 3.8) is 0 Å². The molecule has 0 saturated heterocycles. The van der Waals surface area contributed by atoms with E-state index in [1.807, 2.05) is 61.3 Å². The molecule has 0 fully saturated rings. The van der Waals surface area contributed by atoms with Crippen LogP contribution in [0.25, 0.3) is 0 Å². The fourth-order valence-corrected chi connectivity index (χ4v) is 3.00. The van der Waals surface area contributed by atoms with Gasteiger partial charge >= 0.3 is 0 Å². The molecule has 1 unspecified atom stereocenters. The molecule has 1 aliphatic heterocycles. The first-order valence-corrected chi connectivity index (χ1v) is 8.51. The fourth-order valence-electron chi connectivity index (χ4n) is 2.80. The molecule has 25 heavy (non-hydrogen) atoms. The zero-order valence-corrected chi connectivity index (χ0v) is 15.0. The average molecular weight is 361 g/mol. The van der Waals surface area contributed by atoms with E-state index >= 15 is 0 Å². The van der Waals surface area contributed by atoms with Crippen molar-refractivity contribution in [1.29, 1.82) is 0 Å². The van der Waals surface area contributed by atoms with E-state index in [-0.39, 0.29) is 18.7 Å². The number of halogens is 1. The first-order chi connectivity index (χ1) is 12.0. The largest absolute Gasteiger partial charge is 0.454 e. The van der Waals surface area contributed by atoms with Crippen LogP contribution >= 0.6 is 11.6 Å². The maximum Gasteiger partial charge on any atom is 0.234 e. The van der Waals surface area contributed by atoms with E-state index in [0.717, 1.165) is 22.6 Å². The van der Waals surface area contributed by atoms with Crippen LogP contribution in [0.15, 0.2) is 42.5 Å². The highest BCUT2D eigenvalue weighted by atomic mass is 35.5. The third-order valence-corrected chi connectivity index (χ3v) is 4.26. The van der Waals surface area contributed by atoms with Crippen LogP contribution in [0, 0.1) is 0 Å². The topological polar surface area (TPSA) is 50.8 Å². The number of hydrogen-bond acceptors (Lipinski definition) is 4. The number of fused-ring (bicyclic) bond motifs is 1. The summed E-state index contributed by atoms with van der Waals surface area (Å²) in [4.78, 5) is 14.2. The summed E-state index contributed by atoms with van der Waals surface area (Å²) in [7, 11) is 1.91. The third kappa shape index (κ3) is 4.65. The molecule has 0 spiro atoms. The first kappa shape index (κ1) is 17.6. The molecule has 132 valence electrons. The van der Waals surface area contributed by atoms with Gasteiger partial charge in [-0.1, -0.05) is 29.8 Å². The van der Waals surface area contributed by atoms with Gasteiger partial charge in [-0.25, -0.2) is 0 Å². The van der Waals surface area contributed by atoms with Crippen molar-refractivity contribution in [3.8, 4) is 11.5 Å². The zero-order chi connectivity index (χ0) is 17.8. The van der Waals surface area contributed by atoms with Crippen molar-refractivity contribution in [2.24, 2.45) is 0 Å². The zero-order valence-electron chi connectivity index (χ0n) is 14.3. The van der Waals surface area contributed by atoms with Gasteiger partial charge in [0.15, 0.2) is 11.5 Å². The van der Waals surface area contributed by atoms with E-state index in [1.165, 1.54) is 0 Å². The van der Waals surface area contributed by atoms with E-state index in [2.05, 4.69) is 5.32 Å². The molecule has 5 nitrogen and oxygen atoms in total. The highest BCUT2D eigenvalue weighted by Crippen LogP contribution is 2.32. The number of carbonyl (C=O) groups excluding carboxylic acids is 1. The number of amides is 1. The number of ether oxygens (including phenoxy) is 2. The summed E-state index contributed by atoms with van der Waals surface area (Å²) < 4.78 is 10.7. The number of nitrogens with one attached hydrogen (secondary N) is 1. The Morgan fingerprint density at radius 3 is 2.84 bits per heavy atom. The van der Waals surface area contributed by atoms with E-state index in [0.29, 0.717) is 18.1 Å². The second-order valence-electron chi connectivity index (χ2n) is 6.20. The number of benzene rings is 2. The van der Waals surface area contributed by atoms with Crippen LogP contribution in [0.1, 0.15) is 24.1 Å². The number of likely N-dealkylation sites (N-methyl/N-ethyl adjacent to an activating group) is 1. The molecule has 0 radical (unpaired) electrons. The number of nitrogens with zero attached hydrogens (tertiary/aromatic N) is 1. The van der Waals surface area contributed by atoms with Crippen LogP contribution in [-0.4, -0.2) is 31.2 Å². The lowest BCUT2D eigenvalue weighted by Crippen LogP contribution is -2.36. The lowest BCUT2D eigenvalue weighted by molar-refractivity contribution is -0.122. The van der Waals surface area contributed by atoms with Gasteiger partial charge in [0.05, 0.1) is 12.6 Å². The molecule has 1 N–H and O–H groups in total. The van der Waals surface area contributed by atoms with Gasteiger partial charge in [-0.2, -0.15) is 0 Å². The van der Waals surface area contributed by atoms with Crippen LogP contribution in [0.2, 0.25) is 5.02 Å². The van der Waals surface area contributed by atoms with Crippen molar-refractivity contribution in [2.75, 3.05) is 20.4 Å². The van der Waals surface area contributed by atoms with E-state index in [1.54, 1.807) is 0 Å². The van der Waals surface area contributed by atoms with E-state index in [4.69, 9.17) is 21.1 Å². The van der Waals surface area contributed by atoms with Crippen LogP contribution in [0.4, 0.5) is 0 Å². The lowest BCUT2D eigenvalue weighted by atomic mass is 10.1. The van der Waals surface area contributed by atoms with Crippen LogP contribution in [0.3, 0.4) is 0 Å². The molecular weight excluding hydrogens is 340 g/mol. The Morgan fingerprint density at radius 1 is 1.24 bits per heavy atom. The summed E-state index contributed by atoms with van der Waals surface area (Å²) in [6, 6.07) is 13.3. The molecule has 1 aliphatic rings. The molecule has 6 heteroatoms. The summed E-state index contributed by atoms with van der Waals surface area (Å²) in [6.45, 7) is 3.16. The second-order valence-corrected chi connectivity index (χ2v) is 6.64. The summed E-state index contributed by atoms with van der Waals surface area (Å²) in [5, 5.41) is 3.66. The van der Waals surface area contributed by atoms with Gasteiger partial charge in [0, 0.05) is 11.6 Å². The number of rotatable bonds is 6. The van der Waals surface area contributed by atoms with Gasteiger partial charge in [0.25, 0.3) is 0 Å². The molecular formula is C19H21ClN2O3. The van der Waals surface area contributed by atoms with E-state index < -0.39 is 0 Å². The summed E-state index contributed by atoms with van der Waals surface area (Å²) in [5.74, 6) is 1.49. The molecule has 0 bridgehead atoms. The van der Waals surface area contributed by atoms with Gasteiger partial charge < -0.3 is 14.8 Å². The van der Waals surface area contributed by atoms with Crippen LogP contribution in [-0.2, 0) is 11.3 Å². The number of carbonyl (C=O) groups is 1. The Bertz CT molecular complexity index is 766. The van der Waals surface area contributed by atoms with Crippen molar-refractivity contribution in [2.45, 2.75) is 19.5 Å². The minimum absolute atomic E-state index is 0.0317. The van der Waals surface area contributed by atoms with Gasteiger partial charge in [-0.05, 0) is 49.4 Å². The van der Waals surface area contributed by atoms with E-state index in [9.17, 15) is 4.79 Å². The smallest absolute Gasteiger partial charge is 0.234 e. The standard InChI is InChI=1S/C19H21ClN2O3/c1-13(15-4-3-5-16(20)9-15)21-19(23)11-22(2)10-14-6-7-17-18(8-14)25-12-24-17/h3-9,13H,10-12H2,1-2H3,(H,21,23).